The zero-order chi connectivity index (χ0) is 20.3. The molecule has 0 aliphatic carbocycles. The van der Waals surface area contributed by atoms with Gasteiger partial charge in [0.15, 0.2) is 17.6 Å². The Morgan fingerprint density at radius 3 is 2.15 bits per heavy atom. The van der Waals surface area contributed by atoms with E-state index in [2.05, 4.69) is 15.0 Å². The Bertz CT molecular complexity index is 854. The van der Waals surface area contributed by atoms with E-state index in [1.165, 1.54) is 6.92 Å². The van der Waals surface area contributed by atoms with Crippen molar-refractivity contribution in [1.82, 2.24) is 19.5 Å². The van der Waals surface area contributed by atoms with Crippen LogP contribution in [-0.4, -0.2) is 59.3 Å². The van der Waals surface area contributed by atoms with Crippen LogP contribution in [0, 0.1) is 0 Å². The Morgan fingerprint density at radius 2 is 1.59 bits per heavy atom. The molecular formula is C13H12F6N4O4. The van der Waals surface area contributed by atoms with Gasteiger partial charge in [-0.25, -0.2) is 15.0 Å². The fraction of sp³-hybridized carbons (Fsp3) is 0.615. The highest BCUT2D eigenvalue weighted by Crippen LogP contribution is 2.37. The molecule has 0 amide bonds. The molecule has 1 aliphatic heterocycles. The number of hydrogen-bond acceptors (Lipinski definition) is 7. The van der Waals surface area contributed by atoms with Gasteiger partial charge in [-0.3, -0.25) is 4.57 Å². The van der Waals surface area contributed by atoms with Crippen LogP contribution in [0.5, 0.6) is 0 Å². The van der Waals surface area contributed by atoms with E-state index in [-0.39, 0.29) is 0 Å². The lowest BCUT2D eigenvalue weighted by Gasteiger charge is -2.39. The summed E-state index contributed by atoms with van der Waals surface area (Å²) in [5.74, 6) is -2.05. The van der Waals surface area contributed by atoms with Gasteiger partial charge in [0.25, 0.3) is 0 Å². The van der Waals surface area contributed by atoms with Crippen molar-refractivity contribution in [2.24, 2.45) is 0 Å². The number of aliphatic hydroxyl groups is 3. The highest BCUT2D eigenvalue weighted by atomic mass is 19.4. The van der Waals surface area contributed by atoms with Crippen molar-refractivity contribution < 1.29 is 46.4 Å². The first-order valence-electron chi connectivity index (χ1n) is 7.41. The van der Waals surface area contributed by atoms with E-state index in [0.717, 1.165) is 0 Å². The van der Waals surface area contributed by atoms with E-state index in [4.69, 9.17) is 4.74 Å². The summed E-state index contributed by atoms with van der Waals surface area (Å²) in [6, 6.07) is 0. The zero-order valence-corrected chi connectivity index (χ0v) is 13.3. The molecule has 3 rings (SSSR count). The molecule has 14 heteroatoms. The van der Waals surface area contributed by atoms with Crippen molar-refractivity contribution in [3.8, 4) is 0 Å². The molecule has 27 heavy (non-hydrogen) atoms. The van der Waals surface area contributed by atoms with Crippen molar-refractivity contribution in [3.05, 3.63) is 17.8 Å². The summed E-state index contributed by atoms with van der Waals surface area (Å²) in [6.07, 6.45) is -17.7. The first kappa shape index (κ1) is 19.7. The van der Waals surface area contributed by atoms with Crippen LogP contribution in [0.2, 0.25) is 0 Å². The average Bonchev–Trinajstić information content (AvgIpc) is 2.97. The maximum atomic E-state index is 13.1. The quantitative estimate of drug-likeness (QED) is 0.607. The topological polar surface area (TPSA) is 114 Å². The Morgan fingerprint density at radius 1 is 0.963 bits per heavy atom. The molecule has 2 aromatic rings. The predicted octanol–water partition coefficient (Wildman–Crippen LogP) is 0.864. The molecule has 0 bridgehead atoms. The normalized spacial score (nSPS) is 30.1. The van der Waals surface area contributed by atoms with Gasteiger partial charge in [0.05, 0.1) is 12.4 Å². The van der Waals surface area contributed by atoms with E-state index in [0.29, 0.717) is 10.9 Å². The molecule has 150 valence electrons. The molecule has 0 radical (unpaired) electrons. The number of fused-ring (bicyclic) bond motifs is 1. The second-order valence-corrected chi connectivity index (χ2v) is 5.92. The van der Waals surface area contributed by atoms with Crippen LogP contribution < -0.4 is 0 Å². The number of alkyl halides is 6. The Kier molecular flexibility index (Phi) is 4.57. The number of aliphatic hydroxyl groups excluding tert-OH is 3. The van der Waals surface area contributed by atoms with E-state index < -0.39 is 65.7 Å². The van der Waals surface area contributed by atoms with Gasteiger partial charge in [-0.05, 0) is 6.92 Å². The van der Waals surface area contributed by atoms with Gasteiger partial charge in [-0.1, -0.05) is 0 Å². The highest BCUT2D eigenvalue weighted by molar-refractivity contribution is 5.74. The molecule has 3 heterocycles. The first-order valence-corrected chi connectivity index (χ1v) is 7.41. The van der Waals surface area contributed by atoms with Crippen LogP contribution in [0.1, 0.15) is 24.7 Å². The molecule has 2 aromatic heterocycles. The fourth-order valence-corrected chi connectivity index (χ4v) is 2.69. The van der Waals surface area contributed by atoms with Crippen molar-refractivity contribution in [2.45, 2.75) is 49.9 Å². The smallest absolute Gasteiger partial charge is 0.388 e. The van der Waals surface area contributed by atoms with Crippen LogP contribution in [0.15, 0.2) is 6.33 Å². The molecule has 3 N–H and O–H groups in total. The molecule has 1 saturated heterocycles. The molecular weight excluding hydrogens is 390 g/mol. The SMILES string of the molecule is C[C@@H]1O[C@@H](n2cnc3c(C(F)(F)F)nc(C(F)(F)F)nc32)[C@H](O)[C@H](O)[C@H]1O. The minimum atomic E-state index is -5.28. The van der Waals surface area contributed by atoms with Gasteiger partial charge < -0.3 is 20.1 Å². The fourth-order valence-electron chi connectivity index (χ4n) is 2.69. The van der Waals surface area contributed by atoms with Crippen LogP contribution in [0.3, 0.4) is 0 Å². The Hall–Kier alpha value is -2.03. The first-order chi connectivity index (χ1) is 12.3. The van der Waals surface area contributed by atoms with E-state index in [1.807, 2.05) is 0 Å². The number of halogens is 6. The summed E-state index contributed by atoms with van der Waals surface area (Å²) in [5.41, 5.74) is -3.79. The van der Waals surface area contributed by atoms with Crippen LogP contribution in [0.4, 0.5) is 26.3 Å². The average molecular weight is 402 g/mol. The molecule has 1 aliphatic rings. The summed E-state index contributed by atoms with van der Waals surface area (Å²) in [4.78, 5) is 9.02. The molecule has 0 saturated carbocycles. The summed E-state index contributed by atoms with van der Waals surface area (Å²) in [5, 5.41) is 29.5. The minimum Gasteiger partial charge on any atom is -0.388 e. The molecule has 8 nitrogen and oxygen atoms in total. The Balaban J connectivity index is 2.21. The lowest BCUT2D eigenvalue weighted by Crippen LogP contribution is -2.54. The van der Waals surface area contributed by atoms with Crippen molar-refractivity contribution in [3.63, 3.8) is 0 Å². The van der Waals surface area contributed by atoms with Crippen LogP contribution >= 0.6 is 0 Å². The third-order valence-corrected chi connectivity index (χ3v) is 4.04. The molecule has 0 aromatic carbocycles. The minimum absolute atomic E-state index is 0.623. The number of hydrogen-bond donors (Lipinski definition) is 3. The van der Waals surface area contributed by atoms with E-state index >= 15 is 0 Å². The number of rotatable bonds is 1. The number of aromatic nitrogens is 4. The van der Waals surface area contributed by atoms with Gasteiger partial charge in [-0.15, -0.1) is 0 Å². The van der Waals surface area contributed by atoms with Gasteiger partial charge >= 0.3 is 12.4 Å². The third kappa shape index (κ3) is 3.33. The van der Waals surface area contributed by atoms with Gasteiger partial charge in [0.2, 0.25) is 5.82 Å². The Labute approximate surface area is 146 Å². The maximum Gasteiger partial charge on any atom is 0.451 e. The molecule has 0 spiro atoms. The second kappa shape index (κ2) is 6.25. The molecule has 1 fully saturated rings. The van der Waals surface area contributed by atoms with Crippen LogP contribution in [-0.2, 0) is 17.1 Å². The number of ether oxygens (including phenoxy) is 1. The largest absolute Gasteiger partial charge is 0.451 e. The third-order valence-electron chi connectivity index (χ3n) is 4.04. The number of imidazole rings is 1. The van der Waals surface area contributed by atoms with Crippen LogP contribution in [0.25, 0.3) is 11.2 Å². The number of nitrogens with zero attached hydrogens (tertiary/aromatic N) is 4. The molecule has 0 unspecified atom stereocenters. The van der Waals surface area contributed by atoms with Crippen molar-refractivity contribution >= 4 is 11.2 Å². The summed E-state index contributed by atoms with van der Waals surface area (Å²) in [6.45, 7) is 1.29. The maximum absolute atomic E-state index is 13.1. The predicted molar refractivity (Wildman–Crippen MR) is 72.9 cm³/mol. The van der Waals surface area contributed by atoms with E-state index in [1.54, 1.807) is 0 Å². The highest BCUT2D eigenvalue weighted by Gasteiger charge is 2.46. The molecule has 5 atom stereocenters. The van der Waals surface area contributed by atoms with Crippen molar-refractivity contribution in [2.75, 3.05) is 0 Å². The zero-order valence-electron chi connectivity index (χ0n) is 13.3. The van der Waals surface area contributed by atoms with Crippen molar-refractivity contribution in [1.29, 1.82) is 0 Å². The lowest BCUT2D eigenvalue weighted by atomic mass is 9.99. The summed E-state index contributed by atoms with van der Waals surface area (Å²) in [7, 11) is 0. The monoisotopic (exact) mass is 402 g/mol. The standard InChI is InChI=1S/C13H12F6N4O4/c1-3-5(24)6(25)7(26)10(27-3)23-2-20-4-8(12(14,15)16)21-11(13(17,18)19)22-9(4)23/h2-3,5-7,10,24-26H,1H3/t3-,5-,6+,7+,10+/m0/s1. The lowest BCUT2D eigenvalue weighted by molar-refractivity contribution is -0.239. The van der Waals surface area contributed by atoms with Gasteiger partial charge in [0, 0.05) is 0 Å². The van der Waals surface area contributed by atoms with Gasteiger partial charge in [0.1, 0.15) is 23.8 Å². The van der Waals surface area contributed by atoms with E-state index in [9.17, 15) is 41.7 Å². The second-order valence-electron chi connectivity index (χ2n) is 5.92. The summed E-state index contributed by atoms with van der Waals surface area (Å²) < 4.78 is 84.1. The van der Waals surface area contributed by atoms with Gasteiger partial charge in [-0.2, -0.15) is 26.3 Å². The summed E-state index contributed by atoms with van der Waals surface area (Å²) >= 11 is 0.